The van der Waals surface area contributed by atoms with E-state index in [0.29, 0.717) is 12.2 Å². The summed E-state index contributed by atoms with van der Waals surface area (Å²) in [6.07, 6.45) is 2.66. The number of hydrogen-bond donors (Lipinski definition) is 0. The maximum Gasteiger partial charge on any atom is 0.298 e. The summed E-state index contributed by atoms with van der Waals surface area (Å²) in [7, 11) is 0. The Hall–Kier alpha value is -1.57. The molecule has 0 saturated carbocycles. The molecular formula is C10H10O2. The third-order valence-electron chi connectivity index (χ3n) is 1.49. The van der Waals surface area contributed by atoms with E-state index in [0.717, 1.165) is 12.0 Å². The summed E-state index contributed by atoms with van der Waals surface area (Å²) < 4.78 is 4.63. The molecule has 2 heteroatoms. The van der Waals surface area contributed by atoms with Gasteiger partial charge in [-0.05, 0) is 24.1 Å². The SMILES string of the molecule is C=CCc1ccc(OC=O)cc1. The van der Waals surface area contributed by atoms with Gasteiger partial charge in [0.1, 0.15) is 5.75 Å². The molecule has 0 N–H and O–H groups in total. The zero-order valence-electron chi connectivity index (χ0n) is 6.69. The highest BCUT2D eigenvalue weighted by molar-refractivity contribution is 5.45. The molecule has 0 bridgehead atoms. The Labute approximate surface area is 71.5 Å². The van der Waals surface area contributed by atoms with Crippen LogP contribution in [-0.2, 0) is 11.2 Å². The first kappa shape index (κ1) is 8.53. The molecule has 0 aromatic heterocycles. The topological polar surface area (TPSA) is 26.3 Å². The third-order valence-corrected chi connectivity index (χ3v) is 1.49. The van der Waals surface area contributed by atoms with Crippen LogP contribution in [0.25, 0.3) is 0 Å². The molecule has 0 spiro atoms. The Bertz CT molecular complexity index is 233. The number of rotatable bonds is 4. The number of hydrogen-bond acceptors (Lipinski definition) is 2. The lowest BCUT2D eigenvalue weighted by atomic mass is 10.1. The molecule has 12 heavy (non-hydrogen) atoms. The van der Waals surface area contributed by atoms with Crippen molar-refractivity contribution in [2.45, 2.75) is 6.42 Å². The van der Waals surface area contributed by atoms with Gasteiger partial charge in [-0.2, -0.15) is 0 Å². The minimum Gasteiger partial charge on any atom is -0.429 e. The van der Waals surface area contributed by atoms with Crippen molar-refractivity contribution in [3.63, 3.8) is 0 Å². The molecule has 0 heterocycles. The first-order chi connectivity index (χ1) is 5.86. The van der Waals surface area contributed by atoms with Crippen LogP contribution in [0.5, 0.6) is 5.75 Å². The largest absolute Gasteiger partial charge is 0.429 e. The van der Waals surface area contributed by atoms with E-state index in [1.807, 2.05) is 18.2 Å². The van der Waals surface area contributed by atoms with Gasteiger partial charge >= 0.3 is 0 Å². The van der Waals surface area contributed by atoms with Crippen LogP contribution in [-0.4, -0.2) is 6.47 Å². The summed E-state index contributed by atoms with van der Waals surface area (Å²) in [4.78, 5) is 9.95. The Morgan fingerprint density at radius 3 is 2.50 bits per heavy atom. The number of allylic oxidation sites excluding steroid dienone is 1. The number of ether oxygens (including phenoxy) is 1. The molecule has 0 radical (unpaired) electrons. The van der Waals surface area contributed by atoms with E-state index in [1.54, 1.807) is 12.1 Å². The molecule has 0 fully saturated rings. The van der Waals surface area contributed by atoms with Crippen LogP contribution >= 0.6 is 0 Å². The Balaban J connectivity index is 2.70. The highest BCUT2D eigenvalue weighted by Crippen LogP contribution is 2.11. The van der Waals surface area contributed by atoms with Crippen LogP contribution < -0.4 is 4.74 Å². The smallest absolute Gasteiger partial charge is 0.298 e. The maximum atomic E-state index is 9.95. The summed E-state index contributed by atoms with van der Waals surface area (Å²) >= 11 is 0. The van der Waals surface area contributed by atoms with Crippen molar-refractivity contribution >= 4 is 6.47 Å². The Morgan fingerprint density at radius 2 is 2.00 bits per heavy atom. The molecule has 0 atom stereocenters. The first-order valence-corrected chi connectivity index (χ1v) is 3.67. The predicted octanol–water partition coefficient (Wildman–Crippen LogP) is 1.95. The van der Waals surface area contributed by atoms with Gasteiger partial charge in [-0.1, -0.05) is 18.2 Å². The minimum absolute atomic E-state index is 0.419. The standard InChI is InChI=1S/C10H10O2/c1-2-3-9-4-6-10(7-5-9)12-8-11/h2,4-8H,1,3H2. The fraction of sp³-hybridized carbons (Fsp3) is 0.100. The van der Waals surface area contributed by atoms with Crippen LogP contribution in [0.2, 0.25) is 0 Å². The number of carbonyl (C=O) groups excluding carboxylic acids is 1. The maximum absolute atomic E-state index is 9.95. The number of carbonyl (C=O) groups is 1. The van der Waals surface area contributed by atoms with Crippen molar-refractivity contribution in [1.29, 1.82) is 0 Å². The molecule has 0 aliphatic carbocycles. The monoisotopic (exact) mass is 162 g/mol. The van der Waals surface area contributed by atoms with E-state index >= 15 is 0 Å². The Kier molecular flexibility index (Phi) is 3.08. The summed E-state index contributed by atoms with van der Waals surface area (Å²) in [5.41, 5.74) is 1.16. The van der Waals surface area contributed by atoms with Gasteiger partial charge in [0.15, 0.2) is 0 Å². The normalized spacial score (nSPS) is 9.00. The summed E-state index contributed by atoms with van der Waals surface area (Å²) in [6, 6.07) is 7.32. The first-order valence-electron chi connectivity index (χ1n) is 3.67. The molecule has 0 amide bonds. The quantitative estimate of drug-likeness (QED) is 0.499. The van der Waals surface area contributed by atoms with Crippen molar-refractivity contribution in [3.05, 3.63) is 42.5 Å². The van der Waals surface area contributed by atoms with Gasteiger partial charge in [-0.25, -0.2) is 0 Å². The molecule has 0 unspecified atom stereocenters. The highest BCUT2D eigenvalue weighted by Gasteiger charge is 1.91. The van der Waals surface area contributed by atoms with Gasteiger partial charge in [0.05, 0.1) is 0 Å². The minimum atomic E-state index is 0.419. The second-order valence-electron chi connectivity index (χ2n) is 2.35. The second kappa shape index (κ2) is 4.34. The van der Waals surface area contributed by atoms with Crippen molar-refractivity contribution in [2.75, 3.05) is 0 Å². The summed E-state index contributed by atoms with van der Waals surface area (Å²) in [5, 5.41) is 0. The molecule has 0 saturated heterocycles. The van der Waals surface area contributed by atoms with E-state index in [9.17, 15) is 4.79 Å². The average molecular weight is 162 g/mol. The highest BCUT2D eigenvalue weighted by atomic mass is 16.5. The molecule has 2 nitrogen and oxygen atoms in total. The van der Waals surface area contributed by atoms with E-state index in [1.165, 1.54) is 0 Å². The fourth-order valence-corrected chi connectivity index (χ4v) is 0.926. The summed E-state index contributed by atoms with van der Waals surface area (Å²) in [6.45, 7) is 4.05. The van der Waals surface area contributed by atoms with Crippen molar-refractivity contribution < 1.29 is 9.53 Å². The van der Waals surface area contributed by atoms with Gasteiger partial charge in [0, 0.05) is 0 Å². The van der Waals surface area contributed by atoms with E-state index in [2.05, 4.69) is 11.3 Å². The van der Waals surface area contributed by atoms with Gasteiger partial charge in [-0.15, -0.1) is 6.58 Å². The molecular weight excluding hydrogens is 152 g/mol. The lowest BCUT2D eigenvalue weighted by molar-refractivity contribution is -0.120. The Morgan fingerprint density at radius 1 is 1.33 bits per heavy atom. The van der Waals surface area contributed by atoms with E-state index < -0.39 is 0 Å². The van der Waals surface area contributed by atoms with Gasteiger partial charge in [0.2, 0.25) is 0 Å². The number of benzene rings is 1. The van der Waals surface area contributed by atoms with Gasteiger partial charge in [-0.3, -0.25) is 4.79 Å². The lowest BCUT2D eigenvalue weighted by Gasteiger charge is -1.98. The zero-order chi connectivity index (χ0) is 8.81. The van der Waals surface area contributed by atoms with Crippen LogP contribution in [0, 0.1) is 0 Å². The third kappa shape index (κ3) is 2.23. The van der Waals surface area contributed by atoms with Gasteiger partial charge in [0.25, 0.3) is 6.47 Å². The molecule has 1 aromatic carbocycles. The van der Waals surface area contributed by atoms with Crippen molar-refractivity contribution in [3.8, 4) is 5.75 Å². The average Bonchev–Trinajstić information content (AvgIpc) is 2.09. The van der Waals surface area contributed by atoms with Crippen molar-refractivity contribution in [1.82, 2.24) is 0 Å². The van der Waals surface area contributed by atoms with E-state index in [4.69, 9.17) is 0 Å². The zero-order valence-corrected chi connectivity index (χ0v) is 6.69. The van der Waals surface area contributed by atoms with Crippen LogP contribution in [0.3, 0.4) is 0 Å². The van der Waals surface area contributed by atoms with Crippen LogP contribution in [0.4, 0.5) is 0 Å². The molecule has 62 valence electrons. The predicted molar refractivity (Wildman–Crippen MR) is 47.0 cm³/mol. The van der Waals surface area contributed by atoms with Crippen molar-refractivity contribution in [2.24, 2.45) is 0 Å². The lowest BCUT2D eigenvalue weighted by Crippen LogP contribution is -1.88. The molecule has 0 aliphatic heterocycles. The molecule has 0 aliphatic rings. The van der Waals surface area contributed by atoms with Crippen LogP contribution in [0.15, 0.2) is 36.9 Å². The van der Waals surface area contributed by atoms with Gasteiger partial charge < -0.3 is 4.74 Å². The molecule has 1 aromatic rings. The second-order valence-corrected chi connectivity index (χ2v) is 2.35. The summed E-state index contributed by atoms with van der Waals surface area (Å²) in [5.74, 6) is 0.567. The molecule has 1 rings (SSSR count). The fourth-order valence-electron chi connectivity index (χ4n) is 0.926. The van der Waals surface area contributed by atoms with E-state index in [-0.39, 0.29) is 0 Å². The van der Waals surface area contributed by atoms with Crippen LogP contribution in [0.1, 0.15) is 5.56 Å².